The van der Waals surface area contributed by atoms with Gasteiger partial charge in [0, 0.05) is 30.4 Å². The van der Waals surface area contributed by atoms with E-state index < -0.39 is 11.4 Å². The number of piperidine rings is 1. The highest BCUT2D eigenvalue weighted by Crippen LogP contribution is 2.46. The van der Waals surface area contributed by atoms with E-state index in [1.807, 2.05) is 18.2 Å². The third-order valence-electron chi connectivity index (χ3n) is 5.61. The van der Waals surface area contributed by atoms with Crippen molar-refractivity contribution in [3.63, 3.8) is 0 Å². The molecule has 1 aromatic carbocycles. The molecule has 3 heterocycles. The average Bonchev–Trinajstić information content (AvgIpc) is 2.86. The van der Waals surface area contributed by atoms with Gasteiger partial charge in [-0.2, -0.15) is 5.26 Å². The van der Waals surface area contributed by atoms with Crippen LogP contribution in [-0.2, 0) is 12.1 Å². The Kier molecular flexibility index (Phi) is 4.03. The van der Waals surface area contributed by atoms with Gasteiger partial charge in [0.25, 0.3) is 0 Å². The number of pyridine rings is 1. The maximum absolute atomic E-state index is 13.9. The first-order valence-electron chi connectivity index (χ1n) is 8.67. The number of aliphatic hydroxyl groups is 1. The van der Waals surface area contributed by atoms with Gasteiger partial charge in [-0.1, -0.05) is 30.3 Å². The van der Waals surface area contributed by atoms with Crippen LogP contribution >= 0.6 is 0 Å². The molecular formula is C20H20FN3O. The molecule has 4 rings (SSSR count). The summed E-state index contributed by atoms with van der Waals surface area (Å²) in [4.78, 5) is 6.33. The van der Waals surface area contributed by atoms with Crippen molar-refractivity contribution < 1.29 is 9.50 Å². The van der Waals surface area contributed by atoms with Crippen molar-refractivity contribution in [1.29, 1.82) is 5.26 Å². The van der Waals surface area contributed by atoms with Crippen LogP contribution in [0.5, 0.6) is 0 Å². The molecule has 2 aromatic rings. The zero-order valence-corrected chi connectivity index (χ0v) is 13.9. The van der Waals surface area contributed by atoms with Crippen molar-refractivity contribution in [3.05, 3.63) is 65.2 Å². The van der Waals surface area contributed by atoms with Crippen molar-refractivity contribution in [2.75, 3.05) is 0 Å². The summed E-state index contributed by atoms with van der Waals surface area (Å²) in [6.45, 7) is 0.881. The predicted octanol–water partition coefficient (Wildman–Crippen LogP) is 3.11. The van der Waals surface area contributed by atoms with Gasteiger partial charge in [0.1, 0.15) is 6.07 Å². The van der Waals surface area contributed by atoms with Crippen LogP contribution in [0.4, 0.5) is 4.39 Å². The molecule has 2 atom stereocenters. The Morgan fingerprint density at radius 1 is 1.24 bits per heavy atom. The number of aromatic nitrogens is 1. The smallest absolute Gasteiger partial charge is 0.176 e. The number of nitrogens with zero attached hydrogens (tertiary/aromatic N) is 3. The molecule has 2 aliphatic rings. The highest BCUT2D eigenvalue weighted by atomic mass is 19.1. The van der Waals surface area contributed by atoms with Crippen LogP contribution in [0.1, 0.15) is 42.5 Å². The van der Waals surface area contributed by atoms with Crippen LogP contribution < -0.4 is 0 Å². The van der Waals surface area contributed by atoms with E-state index in [1.165, 1.54) is 17.8 Å². The Balaban J connectivity index is 1.56. The number of nitriles is 1. The van der Waals surface area contributed by atoms with Crippen molar-refractivity contribution in [3.8, 4) is 6.07 Å². The second-order valence-electron chi connectivity index (χ2n) is 7.15. The molecule has 0 saturated carbocycles. The standard InChI is InChI=1S/C20H20FN3O/c21-18-8-15(12-23-19(18)11-22)20(25)9-16-6-7-17(10-20)24(16)13-14-4-2-1-3-5-14/h1-5,8,12,16-17,25H,6-7,9-10,13H2. The van der Waals surface area contributed by atoms with E-state index in [0.717, 1.165) is 19.4 Å². The van der Waals surface area contributed by atoms with Crippen LogP contribution in [0.2, 0.25) is 0 Å². The van der Waals surface area contributed by atoms with Gasteiger partial charge in [-0.05, 0) is 37.3 Å². The molecule has 0 amide bonds. The lowest BCUT2D eigenvalue weighted by atomic mass is 9.81. The molecule has 2 aliphatic heterocycles. The van der Waals surface area contributed by atoms with Gasteiger partial charge in [0.05, 0.1) is 5.60 Å². The molecule has 2 saturated heterocycles. The number of hydrogen-bond donors (Lipinski definition) is 1. The Bertz CT molecular complexity index is 803. The largest absolute Gasteiger partial charge is 0.385 e. The molecule has 1 N–H and O–H groups in total. The van der Waals surface area contributed by atoms with Gasteiger partial charge in [-0.15, -0.1) is 0 Å². The first-order chi connectivity index (χ1) is 12.1. The molecule has 0 spiro atoms. The van der Waals surface area contributed by atoms with E-state index in [0.29, 0.717) is 18.4 Å². The summed E-state index contributed by atoms with van der Waals surface area (Å²) < 4.78 is 13.9. The van der Waals surface area contributed by atoms with Gasteiger partial charge < -0.3 is 5.11 Å². The van der Waals surface area contributed by atoms with Crippen LogP contribution in [-0.4, -0.2) is 27.1 Å². The summed E-state index contributed by atoms with van der Waals surface area (Å²) in [5, 5.41) is 20.0. The van der Waals surface area contributed by atoms with Crippen molar-refractivity contribution >= 4 is 0 Å². The second-order valence-corrected chi connectivity index (χ2v) is 7.15. The summed E-state index contributed by atoms with van der Waals surface area (Å²) in [7, 11) is 0. The minimum atomic E-state index is -1.07. The molecule has 4 nitrogen and oxygen atoms in total. The number of benzene rings is 1. The quantitative estimate of drug-likeness (QED) is 0.935. The lowest BCUT2D eigenvalue weighted by molar-refractivity contribution is -0.0599. The summed E-state index contributed by atoms with van der Waals surface area (Å²) in [6, 6.07) is 13.9. The first-order valence-corrected chi connectivity index (χ1v) is 8.67. The van der Waals surface area contributed by atoms with Crippen LogP contribution in [0.3, 0.4) is 0 Å². The Hall–Kier alpha value is -2.29. The monoisotopic (exact) mass is 337 g/mol. The molecule has 2 fully saturated rings. The second kappa shape index (κ2) is 6.21. The number of halogens is 1. The fraction of sp³-hybridized carbons (Fsp3) is 0.400. The first kappa shape index (κ1) is 16.2. The third kappa shape index (κ3) is 2.92. The highest BCUT2D eigenvalue weighted by molar-refractivity contribution is 5.30. The van der Waals surface area contributed by atoms with E-state index in [-0.39, 0.29) is 17.8 Å². The molecular weight excluding hydrogens is 317 g/mol. The van der Waals surface area contributed by atoms with Crippen molar-refractivity contribution in [2.45, 2.75) is 49.9 Å². The van der Waals surface area contributed by atoms with Gasteiger partial charge in [0.2, 0.25) is 0 Å². The molecule has 2 unspecified atom stereocenters. The summed E-state index contributed by atoms with van der Waals surface area (Å²) in [6.07, 6.45) is 4.69. The fourth-order valence-corrected chi connectivity index (χ4v) is 4.38. The normalized spacial score (nSPS) is 28.7. The van der Waals surface area contributed by atoms with E-state index in [4.69, 9.17) is 5.26 Å². The summed E-state index contributed by atoms with van der Waals surface area (Å²) in [5.74, 6) is -0.660. The zero-order valence-electron chi connectivity index (χ0n) is 13.9. The summed E-state index contributed by atoms with van der Waals surface area (Å²) in [5.41, 5.74) is 0.467. The molecule has 0 aliphatic carbocycles. The number of rotatable bonds is 3. The fourth-order valence-electron chi connectivity index (χ4n) is 4.38. The van der Waals surface area contributed by atoms with E-state index >= 15 is 0 Å². The van der Waals surface area contributed by atoms with Crippen LogP contribution in [0.15, 0.2) is 42.6 Å². The SMILES string of the molecule is N#Cc1ncc(C2(O)CC3CCC(C2)N3Cc2ccccc2)cc1F. The van der Waals surface area contributed by atoms with E-state index in [1.54, 1.807) is 6.07 Å². The van der Waals surface area contributed by atoms with E-state index in [2.05, 4.69) is 22.0 Å². The molecule has 5 heteroatoms. The number of fused-ring (bicyclic) bond motifs is 2. The van der Waals surface area contributed by atoms with Gasteiger partial charge in [-0.25, -0.2) is 9.37 Å². The molecule has 2 bridgehead atoms. The van der Waals surface area contributed by atoms with E-state index in [9.17, 15) is 9.50 Å². The predicted molar refractivity (Wildman–Crippen MR) is 90.8 cm³/mol. The highest BCUT2D eigenvalue weighted by Gasteiger charge is 2.48. The lowest BCUT2D eigenvalue weighted by Crippen LogP contribution is -2.49. The number of hydrogen-bond acceptors (Lipinski definition) is 4. The maximum Gasteiger partial charge on any atom is 0.176 e. The Morgan fingerprint density at radius 3 is 2.52 bits per heavy atom. The van der Waals surface area contributed by atoms with Crippen LogP contribution in [0, 0.1) is 17.1 Å². The molecule has 1 aromatic heterocycles. The topological polar surface area (TPSA) is 60.1 Å². The maximum atomic E-state index is 13.9. The Morgan fingerprint density at radius 2 is 1.92 bits per heavy atom. The van der Waals surface area contributed by atoms with Gasteiger partial charge >= 0.3 is 0 Å². The van der Waals surface area contributed by atoms with Gasteiger partial charge in [-0.3, -0.25) is 4.90 Å². The van der Waals surface area contributed by atoms with Crippen molar-refractivity contribution in [1.82, 2.24) is 9.88 Å². The average molecular weight is 337 g/mol. The summed E-state index contributed by atoms with van der Waals surface area (Å²) >= 11 is 0. The third-order valence-corrected chi connectivity index (χ3v) is 5.61. The van der Waals surface area contributed by atoms with Gasteiger partial charge in [0.15, 0.2) is 11.5 Å². The Labute approximate surface area is 146 Å². The van der Waals surface area contributed by atoms with Crippen molar-refractivity contribution in [2.24, 2.45) is 0 Å². The minimum absolute atomic E-state index is 0.225. The minimum Gasteiger partial charge on any atom is -0.385 e. The zero-order chi connectivity index (χ0) is 17.4. The molecule has 25 heavy (non-hydrogen) atoms. The molecule has 128 valence electrons. The molecule has 0 radical (unpaired) electrons. The van der Waals surface area contributed by atoms with Crippen LogP contribution in [0.25, 0.3) is 0 Å². The lowest BCUT2D eigenvalue weighted by Gasteiger charge is -2.44.